The van der Waals surface area contributed by atoms with Gasteiger partial charge in [0.1, 0.15) is 5.75 Å². The van der Waals surface area contributed by atoms with Gasteiger partial charge in [0.25, 0.3) is 0 Å². The quantitative estimate of drug-likeness (QED) is 0.763. The summed E-state index contributed by atoms with van der Waals surface area (Å²) in [5.74, 6) is 1.38. The topological polar surface area (TPSA) is 44.8 Å². The van der Waals surface area contributed by atoms with Crippen LogP contribution in [0.4, 0.5) is 5.69 Å². The Morgan fingerprint density at radius 2 is 1.71 bits per heavy atom. The lowest BCUT2D eigenvalue weighted by atomic mass is 9.96. The molecule has 2 aromatic carbocycles. The van der Waals surface area contributed by atoms with Gasteiger partial charge in [-0.1, -0.05) is 49.4 Å². The molecule has 0 bridgehead atoms. The SMILES string of the molecule is CC[C@@H](CNC(=O)CN1CCN(c2ccccc2OC)CC1)c1ccccc1. The van der Waals surface area contributed by atoms with Crippen LogP contribution in [0.3, 0.4) is 0 Å². The van der Waals surface area contributed by atoms with Crippen LogP contribution in [0.1, 0.15) is 24.8 Å². The molecule has 0 radical (unpaired) electrons. The molecule has 1 N–H and O–H groups in total. The smallest absolute Gasteiger partial charge is 0.234 e. The van der Waals surface area contributed by atoms with E-state index in [1.54, 1.807) is 7.11 Å². The van der Waals surface area contributed by atoms with Crippen LogP contribution in [0.25, 0.3) is 0 Å². The van der Waals surface area contributed by atoms with Crippen LogP contribution in [0.15, 0.2) is 54.6 Å². The van der Waals surface area contributed by atoms with Gasteiger partial charge in [0.05, 0.1) is 19.3 Å². The summed E-state index contributed by atoms with van der Waals surface area (Å²) < 4.78 is 5.47. The lowest BCUT2D eigenvalue weighted by molar-refractivity contribution is -0.122. The standard InChI is InChI=1S/C23H31N3O2/c1-3-19(20-9-5-4-6-10-20)17-24-23(27)18-25-13-15-26(16-14-25)21-11-7-8-12-22(21)28-2/h4-12,19H,3,13-18H2,1-2H3,(H,24,27)/t19-/m0/s1. The molecule has 1 heterocycles. The molecule has 0 unspecified atom stereocenters. The van der Waals surface area contributed by atoms with Crippen molar-refractivity contribution < 1.29 is 9.53 Å². The van der Waals surface area contributed by atoms with E-state index in [2.05, 4.69) is 52.4 Å². The second-order valence-corrected chi connectivity index (χ2v) is 7.25. The van der Waals surface area contributed by atoms with Crippen LogP contribution >= 0.6 is 0 Å². The van der Waals surface area contributed by atoms with Gasteiger partial charge >= 0.3 is 0 Å². The van der Waals surface area contributed by atoms with Gasteiger partial charge in [0.15, 0.2) is 0 Å². The highest BCUT2D eigenvalue weighted by Crippen LogP contribution is 2.28. The highest BCUT2D eigenvalue weighted by molar-refractivity contribution is 5.78. The van der Waals surface area contributed by atoms with Crippen LogP contribution in [0.5, 0.6) is 5.75 Å². The van der Waals surface area contributed by atoms with Crippen LogP contribution in [0, 0.1) is 0 Å². The molecule has 0 aromatic heterocycles. The van der Waals surface area contributed by atoms with Gasteiger partial charge < -0.3 is 15.0 Å². The van der Waals surface area contributed by atoms with Crippen molar-refractivity contribution in [1.82, 2.24) is 10.2 Å². The maximum absolute atomic E-state index is 12.4. The summed E-state index contributed by atoms with van der Waals surface area (Å²) in [6, 6.07) is 18.5. The Hall–Kier alpha value is -2.53. The highest BCUT2D eigenvalue weighted by Gasteiger charge is 2.21. The van der Waals surface area contributed by atoms with Gasteiger partial charge in [-0.3, -0.25) is 9.69 Å². The second kappa shape index (κ2) is 10.1. The third kappa shape index (κ3) is 5.26. The summed E-state index contributed by atoms with van der Waals surface area (Å²) in [7, 11) is 1.71. The predicted octanol–water partition coefficient (Wildman–Crippen LogP) is 3.13. The monoisotopic (exact) mass is 381 g/mol. The minimum absolute atomic E-state index is 0.111. The largest absolute Gasteiger partial charge is 0.495 e. The number of nitrogens with one attached hydrogen (secondary N) is 1. The molecule has 1 saturated heterocycles. The molecule has 2 aromatic rings. The van der Waals surface area contributed by atoms with Crippen molar-refractivity contribution in [2.45, 2.75) is 19.3 Å². The lowest BCUT2D eigenvalue weighted by Crippen LogP contribution is -2.49. The fraction of sp³-hybridized carbons (Fsp3) is 0.435. The third-order valence-electron chi connectivity index (χ3n) is 5.47. The number of nitrogens with zero attached hydrogens (tertiary/aromatic N) is 2. The number of ether oxygens (including phenoxy) is 1. The van der Waals surface area contributed by atoms with Crippen molar-refractivity contribution in [2.75, 3.05) is 51.3 Å². The molecule has 5 nitrogen and oxygen atoms in total. The Balaban J connectivity index is 1.45. The highest BCUT2D eigenvalue weighted by atomic mass is 16.5. The zero-order chi connectivity index (χ0) is 19.8. The molecule has 1 aliphatic heterocycles. The summed E-state index contributed by atoms with van der Waals surface area (Å²) in [6.07, 6.45) is 1.02. The van der Waals surface area contributed by atoms with E-state index in [9.17, 15) is 4.79 Å². The Morgan fingerprint density at radius 3 is 2.39 bits per heavy atom. The molecule has 3 rings (SSSR count). The van der Waals surface area contributed by atoms with Crippen LogP contribution in [-0.2, 0) is 4.79 Å². The van der Waals surface area contributed by atoms with Crippen LogP contribution < -0.4 is 15.0 Å². The van der Waals surface area contributed by atoms with Gasteiger partial charge in [-0.25, -0.2) is 0 Å². The van der Waals surface area contributed by atoms with Crippen molar-refractivity contribution in [2.24, 2.45) is 0 Å². The summed E-state index contributed by atoms with van der Waals surface area (Å²) in [5.41, 5.74) is 2.42. The van der Waals surface area contributed by atoms with E-state index in [0.717, 1.165) is 44.0 Å². The summed E-state index contributed by atoms with van der Waals surface area (Å²) in [4.78, 5) is 17.0. The number of hydrogen-bond donors (Lipinski definition) is 1. The number of carbonyl (C=O) groups excluding carboxylic acids is 1. The van der Waals surface area contributed by atoms with E-state index in [1.165, 1.54) is 5.56 Å². The minimum Gasteiger partial charge on any atom is -0.495 e. The van der Waals surface area contributed by atoms with Crippen molar-refractivity contribution in [3.05, 3.63) is 60.2 Å². The van der Waals surface area contributed by atoms with Crippen molar-refractivity contribution in [3.8, 4) is 5.75 Å². The Labute approximate surface area is 168 Å². The Kier molecular flexibility index (Phi) is 7.31. The van der Waals surface area contributed by atoms with Gasteiger partial charge in [-0.15, -0.1) is 0 Å². The van der Waals surface area contributed by atoms with Crippen molar-refractivity contribution in [3.63, 3.8) is 0 Å². The van der Waals surface area contributed by atoms with Crippen LogP contribution in [-0.4, -0.2) is 57.2 Å². The Morgan fingerprint density at radius 1 is 1.04 bits per heavy atom. The van der Waals surface area contributed by atoms with Gasteiger partial charge in [0, 0.05) is 38.6 Å². The van der Waals surface area contributed by atoms with Gasteiger partial charge in [-0.05, 0) is 24.1 Å². The molecule has 1 amide bonds. The maximum atomic E-state index is 12.4. The van der Waals surface area contributed by atoms with E-state index in [1.807, 2.05) is 24.3 Å². The summed E-state index contributed by atoms with van der Waals surface area (Å²) in [5, 5.41) is 3.13. The first-order chi connectivity index (χ1) is 13.7. The third-order valence-corrected chi connectivity index (χ3v) is 5.47. The van der Waals surface area contributed by atoms with E-state index < -0.39 is 0 Å². The Bertz CT molecular complexity index is 743. The average Bonchev–Trinajstić information content (AvgIpc) is 2.75. The molecule has 5 heteroatoms. The lowest BCUT2D eigenvalue weighted by Gasteiger charge is -2.36. The number of rotatable bonds is 8. The zero-order valence-electron chi connectivity index (χ0n) is 16.9. The van der Waals surface area contributed by atoms with E-state index in [0.29, 0.717) is 19.0 Å². The summed E-state index contributed by atoms with van der Waals surface area (Å²) >= 11 is 0. The number of piperazine rings is 1. The number of benzene rings is 2. The first kappa shape index (κ1) is 20.2. The molecule has 1 atom stereocenters. The number of para-hydroxylation sites is 2. The minimum atomic E-state index is 0.111. The van der Waals surface area contributed by atoms with E-state index in [-0.39, 0.29) is 5.91 Å². The molecule has 1 aliphatic rings. The number of anilines is 1. The zero-order valence-corrected chi connectivity index (χ0v) is 16.9. The predicted molar refractivity (Wildman–Crippen MR) is 114 cm³/mol. The molecule has 1 fully saturated rings. The molecule has 28 heavy (non-hydrogen) atoms. The van der Waals surface area contributed by atoms with E-state index in [4.69, 9.17) is 4.74 Å². The summed E-state index contributed by atoms with van der Waals surface area (Å²) in [6.45, 7) is 6.87. The van der Waals surface area contributed by atoms with Crippen LogP contribution in [0.2, 0.25) is 0 Å². The first-order valence-corrected chi connectivity index (χ1v) is 10.1. The fourth-order valence-electron chi connectivity index (χ4n) is 3.76. The van der Waals surface area contributed by atoms with Crippen molar-refractivity contribution >= 4 is 11.6 Å². The number of amides is 1. The first-order valence-electron chi connectivity index (χ1n) is 10.1. The normalized spacial score (nSPS) is 15.9. The molecular weight excluding hydrogens is 350 g/mol. The fourth-order valence-corrected chi connectivity index (χ4v) is 3.76. The van der Waals surface area contributed by atoms with Gasteiger partial charge in [-0.2, -0.15) is 0 Å². The van der Waals surface area contributed by atoms with Gasteiger partial charge in [0.2, 0.25) is 5.91 Å². The number of carbonyl (C=O) groups is 1. The molecule has 0 saturated carbocycles. The average molecular weight is 382 g/mol. The molecule has 0 aliphatic carbocycles. The van der Waals surface area contributed by atoms with Crippen molar-refractivity contribution in [1.29, 1.82) is 0 Å². The number of hydrogen-bond acceptors (Lipinski definition) is 4. The number of methoxy groups -OCH3 is 1. The second-order valence-electron chi connectivity index (χ2n) is 7.25. The molecule has 150 valence electrons. The molecular formula is C23H31N3O2. The maximum Gasteiger partial charge on any atom is 0.234 e. The molecule has 0 spiro atoms. The van der Waals surface area contributed by atoms with E-state index >= 15 is 0 Å².